The van der Waals surface area contributed by atoms with Gasteiger partial charge in [-0.05, 0) is 127 Å². The summed E-state index contributed by atoms with van der Waals surface area (Å²) in [4.78, 5) is 49.2. The first-order valence-electron chi connectivity index (χ1n) is 15.1. The van der Waals surface area contributed by atoms with Crippen molar-refractivity contribution in [1.29, 1.82) is 0 Å². The molecule has 39 heavy (non-hydrogen) atoms. The Kier molecular flexibility index (Phi) is 8.45. The molecule has 2 N–H and O–H groups in total. The van der Waals surface area contributed by atoms with Gasteiger partial charge in [0.15, 0.2) is 0 Å². The minimum absolute atomic E-state index is 0.122. The van der Waals surface area contributed by atoms with Gasteiger partial charge in [0, 0.05) is 5.92 Å². The van der Waals surface area contributed by atoms with Crippen LogP contribution in [-0.2, 0) is 23.9 Å². The van der Waals surface area contributed by atoms with Crippen LogP contribution in [0.2, 0.25) is 0 Å². The van der Waals surface area contributed by atoms with E-state index in [1.165, 1.54) is 19.3 Å². The Morgan fingerprint density at radius 2 is 1.59 bits per heavy atom. The number of fused-ring (bicyclic) bond motifs is 5. The second-order valence-electron chi connectivity index (χ2n) is 14.4. The van der Waals surface area contributed by atoms with Crippen molar-refractivity contribution in [3.8, 4) is 0 Å². The third-order valence-electron chi connectivity index (χ3n) is 10.9. The van der Waals surface area contributed by atoms with E-state index in [0.29, 0.717) is 29.5 Å². The van der Waals surface area contributed by atoms with E-state index in [0.717, 1.165) is 38.5 Å². The number of rotatable bonds is 6. The van der Waals surface area contributed by atoms with E-state index in [4.69, 9.17) is 9.47 Å². The molecule has 0 aromatic rings. The summed E-state index contributed by atoms with van der Waals surface area (Å²) in [6, 6.07) is -0.832. The van der Waals surface area contributed by atoms with Crippen molar-refractivity contribution in [2.45, 2.75) is 124 Å². The zero-order chi connectivity index (χ0) is 28.8. The maximum Gasteiger partial charge on any atom is 0.408 e. The van der Waals surface area contributed by atoms with Crippen molar-refractivity contribution in [2.24, 2.45) is 40.4 Å². The molecular weight excluding hydrogens is 496 g/mol. The summed E-state index contributed by atoms with van der Waals surface area (Å²) in [6.07, 6.45) is 8.99. The quantitative estimate of drug-likeness (QED) is 0.445. The van der Waals surface area contributed by atoms with Gasteiger partial charge in [0.05, 0.1) is 0 Å². The molecule has 0 saturated heterocycles. The molecule has 1 unspecified atom stereocenters. The summed E-state index contributed by atoms with van der Waals surface area (Å²) in [5.74, 6) is 2.31. The fraction of sp³-hybridized carbons (Fsp3) is 0.871. The topological polar surface area (TPSA) is 111 Å². The number of nitrogens with one attached hydrogen (secondary N) is 2. The Hall–Kier alpha value is -2.12. The lowest BCUT2D eigenvalue weighted by Crippen LogP contribution is -2.54. The molecule has 4 rings (SSSR count). The van der Waals surface area contributed by atoms with Crippen molar-refractivity contribution >= 4 is 23.8 Å². The summed E-state index contributed by atoms with van der Waals surface area (Å²) in [7, 11) is 0. The van der Waals surface area contributed by atoms with Gasteiger partial charge in [-0.15, -0.1) is 0 Å². The van der Waals surface area contributed by atoms with E-state index < -0.39 is 29.6 Å². The molecule has 8 nitrogen and oxygen atoms in total. The lowest BCUT2D eigenvalue weighted by Gasteiger charge is -2.61. The average Bonchev–Trinajstić information content (AvgIpc) is 3.19. The lowest BCUT2D eigenvalue weighted by atomic mass is 9.44. The van der Waals surface area contributed by atoms with E-state index >= 15 is 0 Å². The fourth-order valence-electron chi connectivity index (χ4n) is 9.08. The summed E-state index contributed by atoms with van der Waals surface area (Å²) in [6.45, 7) is 13.2. The Morgan fingerprint density at radius 1 is 0.923 bits per heavy atom. The summed E-state index contributed by atoms with van der Waals surface area (Å²) < 4.78 is 11.0. The normalized spacial score (nSPS) is 38.3. The maximum absolute atomic E-state index is 12.6. The standard InChI is InChI=1S/C31H50N2O6/c1-18(33-28(37)39-29(3,4)5)27(36)32-17-26(35)38-21-12-14-30(6)20(16-21)8-9-22-24-11-10-23(19(2)34)31(24,7)15-13-25(22)30/h18,20-25H,8-17H2,1-7H3,(H,32,36)(H,33,37)/t18-,20-,21+,22-,23+,24?,25-,30-,31+/m0/s1. The average molecular weight is 547 g/mol. The van der Waals surface area contributed by atoms with Gasteiger partial charge in [0.1, 0.15) is 30.1 Å². The molecule has 0 aromatic carbocycles. The summed E-state index contributed by atoms with van der Waals surface area (Å²) >= 11 is 0. The molecule has 4 saturated carbocycles. The predicted octanol–water partition coefficient (Wildman–Crippen LogP) is 5.18. The van der Waals surface area contributed by atoms with Crippen LogP contribution in [0.4, 0.5) is 4.79 Å². The third kappa shape index (κ3) is 6.14. The molecule has 4 aliphatic carbocycles. The minimum Gasteiger partial charge on any atom is -0.461 e. The highest BCUT2D eigenvalue weighted by Gasteiger charge is 2.61. The highest BCUT2D eigenvalue weighted by molar-refractivity contribution is 5.88. The molecule has 0 radical (unpaired) electrons. The Balaban J connectivity index is 1.26. The number of ketones is 1. The highest BCUT2D eigenvalue weighted by atomic mass is 16.6. The number of hydrogen-bond acceptors (Lipinski definition) is 6. The van der Waals surface area contributed by atoms with Crippen LogP contribution in [0.5, 0.6) is 0 Å². The van der Waals surface area contributed by atoms with Crippen molar-refractivity contribution in [2.75, 3.05) is 6.54 Å². The summed E-state index contributed by atoms with van der Waals surface area (Å²) in [5.41, 5.74) is -0.224. The number of Topliss-reactive ketones (excluding diaryl/α,β-unsaturated/α-hetero) is 1. The van der Waals surface area contributed by atoms with Crippen molar-refractivity contribution in [1.82, 2.24) is 10.6 Å². The van der Waals surface area contributed by atoms with Gasteiger partial charge in [-0.3, -0.25) is 14.4 Å². The molecule has 9 atom stereocenters. The minimum atomic E-state index is -0.832. The van der Waals surface area contributed by atoms with E-state index in [-0.39, 0.29) is 29.4 Å². The van der Waals surface area contributed by atoms with Crippen LogP contribution in [0.1, 0.15) is 106 Å². The van der Waals surface area contributed by atoms with Crippen LogP contribution in [0.3, 0.4) is 0 Å². The molecule has 0 spiro atoms. The van der Waals surface area contributed by atoms with Gasteiger partial charge < -0.3 is 20.1 Å². The molecule has 4 fully saturated rings. The molecular formula is C31H50N2O6. The van der Waals surface area contributed by atoms with E-state index in [9.17, 15) is 19.2 Å². The first kappa shape index (κ1) is 29.9. The van der Waals surface area contributed by atoms with Crippen LogP contribution in [0.25, 0.3) is 0 Å². The SMILES string of the molecule is CC(=O)[C@H]1CCC2[C@@H]3CC[C@H]4C[C@H](OC(=O)CNC(=O)[C@H](C)NC(=O)OC(C)(C)C)CC[C@]4(C)[C@H]3CC[C@@]21C. The van der Waals surface area contributed by atoms with Gasteiger partial charge in [-0.1, -0.05) is 13.8 Å². The van der Waals surface area contributed by atoms with Gasteiger partial charge in [0.25, 0.3) is 0 Å². The molecule has 8 heteroatoms. The molecule has 2 amide bonds. The number of esters is 1. The second-order valence-corrected chi connectivity index (χ2v) is 14.4. The molecule has 0 aliphatic heterocycles. The number of hydrogen-bond donors (Lipinski definition) is 2. The molecule has 0 aromatic heterocycles. The zero-order valence-electron chi connectivity index (χ0n) is 25.1. The number of ether oxygens (including phenoxy) is 2. The number of alkyl carbamates (subject to hydrolysis) is 1. The Bertz CT molecular complexity index is 975. The first-order valence-corrected chi connectivity index (χ1v) is 15.1. The fourth-order valence-corrected chi connectivity index (χ4v) is 9.08. The molecule has 0 heterocycles. The van der Waals surface area contributed by atoms with Gasteiger partial charge >= 0.3 is 12.1 Å². The first-order chi connectivity index (χ1) is 18.1. The summed E-state index contributed by atoms with van der Waals surface area (Å²) in [5, 5.41) is 5.05. The number of carbonyl (C=O) groups is 4. The second kappa shape index (κ2) is 11.0. The van der Waals surface area contributed by atoms with Crippen molar-refractivity contribution < 1.29 is 28.7 Å². The smallest absolute Gasteiger partial charge is 0.408 e. The van der Waals surface area contributed by atoms with Crippen LogP contribution in [0.15, 0.2) is 0 Å². The molecule has 220 valence electrons. The molecule has 0 bridgehead atoms. The van der Waals surface area contributed by atoms with Crippen LogP contribution < -0.4 is 10.6 Å². The maximum atomic E-state index is 12.6. The van der Waals surface area contributed by atoms with Gasteiger partial charge in [0.2, 0.25) is 5.91 Å². The number of amides is 2. The van der Waals surface area contributed by atoms with Gasteiger partial charge in [-0.25, -0.2) is 4.79 Å². The third-order valence-corrected chi connectivity index (χ3v) is 10.9. The van der Waals surface area contributed by atoms with E-state index in [1.807, 2.05) is 0 Å². The van der Waals surface area contributed by atoms with Gasteiger partial charge in [-0.2, -0.15) is 0 Å². The van der Waals surface area contributed by atoms with Crippen LogP contribution in [0, 0.1) is 40.4 Å². The zero-order valence-corrected chi connectivity index (χ0v) is 25.1. The number of carbonyl (C=O) groups excluding carboxylic acids is 4. The Labute approximate surface area is 234 Å². The van der Waals surface area contributed by atoms with Crippen molar-refractivity contribution in [3.63, 3.8) is 0 Å². The van der Waals surface area contributed by atoms with Crippen LogP contribution >= 0.6 is 0 Å². The van der Waals surface area contributed by atoms with Crippen molar-refractivity contribution in [3.05, 3.63) is 0 Å². The van der Waals surface area contributed by atoms with E-state index in [2.05, 4.69) is 24.5 Å². The predicted molar refractivity (Wildman–Crippen MR) is 148 cm³/mol. The lowest BCUT2D eigenvalue weighted by molar-refractivity contribution is -0.162. The monoisotopic (exact) mass is 546 g/mol. The largest absolute Gasteiger partial charge is 0.461 e. The molecule has 4 aliphatic rings. The Morgan fingerprint density at radius 3 is 2.26 bits per heavy atom. The van der Waals surface area contributed by atoms with Crippen LogP contribution in [-0.4, -0.2) is 48.0 Å². The van der Waals surface area contributed by atoms with E-state index in [1.54, 1.807) is 34.6 Å². The highest BCUT2D eigenvalue weighted by Crippen LogP contribution is 2.67.